The molecule has 0 fully saturated rings. The molecule has 0 spiro atoms. The monoisotopic (exact) mass is 333 g/mol. The van der Waals surface area contributed by atoms with Gasteiger partial charge < -0.3 is 9.73 Å². The minimum atomic E-state index is 0.0496. The Balaban J connectivity index is 1.66. The molecule has 0 saturated carbocycles. The van der Waals surface area contributed by atoms with E-state index < -0.39 is 0 Å². The van der Waals surface area contributed by atoms with Gasteiger partial charge in [0.15, 0.2) is 0 Å². The van der Waals surface area contributed by atoms with E-state index >= 15 is 0 Å². The first-order chi connectivity index (χ1) is 12.1. The van der Waals surface area contributed by atoms with Gasteiger partial charge in [-0.2, -0.15) is 4.98 Å². The summed E-state index contributed by atoms with van der Waals surface area (Å²) in [7, 11) is 0. The average Bonchev–Trinajstić information content (AvgIpc) is 3.18. The minimum absolute atomic E-state index is 0.0496. The molecule has 126 valence electrons. The number of nitrogens with zero attached hydrogens (tertiary/aromatic N) is 4. The van der Waals surface area contributed by atoms with Crippen molar-refractivity contribution < 1.29 is 4.42 Å². The number of benzene rings is 1. The molecule has 0 radical (unpaired) electrons. The molecule has 0 bridgehead atoms. The summed E-state index contributed by atoms with van der Waals surface area (Å²) >= 11 is 0. The summed E-state index contributed by atoms with van der Waals surface area (Å²) in [6, 6.07) is 9.90. The molecule has 1 unspecified atom stereocenters. The van der Waals surface area contributed by atoms with E-state index in [1.807, 2.05) is 48.7 Å². The van der Waals surface area contributed by atoms with Crippen LogP contribution in [0.5, 0.6) is 0 Å². The van der Waals surface area contributed by atoms with Crippen LogP contribution in [0.25, 0.3) is 16.9 Å². The molecule has 4 rings (SSSR count). The van der Waals surface area contributed by atoms with Crippen molar-refractivity contribution in [1.82, 2.24) is 19.5 Å². The average molecular weight is 333 g/mol. The highest BCUT2D eigenvalue weighted by molar-refractivity contribution is 5.76. The first-order valence-electron chi connectivity index (χ1n) is 8.20. The van der Waals surface area contributed by atoms with E-state index in [4.69, 9.17) is 4.42 Å². The number of aromatic nitrogens is 4. The van der Waals surface area contributed by atoms with Crippen LogP contribution in [-0.2, 0) is 0 Å². The number of rotatable bonds is 4. The van der Waals surface area contributed by atoms with Crippen LogP contribution in [0, 0.1) is 13.8 Å². The van der Waals surface area contributed by atoms with Gasteiger partial charge in [0.25, 0.3) is 0 Å². The number of para-hydroxylation sites is 2. The Labute approximate surface area is 145 Å². The van der Waals surface area contributed by atoms with Crippen LogP contribution in [0.15, 0.2) is 53.5 Å². The molecule has 6 nitrogen and oxygen atoms in total. The summed E-state index contributed by atoms with van der Waals surface area (Å²) in [4.78, 5) is 13.4. The maximum atomic E-state index is 5.49. The van der Waals surface area contributed by atoms with Crippen molar-refractivity contribution in [3.05, 3.63) is 66.0 Å². The number of imidazole rings is 1. The third kappa shape index (κ3) is 2.76. The lowest BCUT2D eigenvalue weighted by Crippen LogP contribution is -2.11. The Morgan fingerprint density at radius 2 is 1.96 bits per heavy atom. The number of fused-ring (bicyclic) bond motifs is 1. The van der Waals surface area contributed by atoms with E-state index in [-0.39, 0.29) is 6.04 Å². The largest absolute Gasteiger partial charge is 0.469 e. The molecule has 1 atom stereocenters. The van der Waals surface area contributed by atoms with Gasteiger partial charge in [0.05, 0.1) is 23.3 Å². The second kappa shape index (κ2) is 6.05. The van der Waals surface area contributed by atoms with Gasteiger partial charge in [-0.1, -0.05) is 12.1 Å². The summed E-state index contributed by atoms with van der Waals surface area (Å²) < 4.78 is 7.45. The topological polar surface area (TPSA) is 68.8 Å². The summed E-state index contributed by atoms with van der Waals surface area (Å²) in [5.41, 5.74) is 4.21. The first-order valence-corrected chi connectivity index (χ1v) is 8.20. The number of nitrogens with one attached hydrogen (secondary N) is 1. The SMILES string of the molecule is Cc1coc(C)c1C(C)Nc1nccc(-n2cnc3ccccc32)n1. The molecule has 4 aromatic rings. The van der Waals surface area contributed by atoms with Crippen LogP contribution in [0.2, 0.25) is 0 Å². The van der Waals surface area contributed by atoms with Gasteiger partial charge in [0.2, 0.25) is 5.95 Å². The number of anilines is 1. The van der Waals surface area contributed by atoms with Crippen LogP contribution >= 0.6 is 0 Å². The van der Waals surface area contributed by atoms with Crippen LogP contribution in [0.3, 0.4) is 0 Å². The quantitative estimate of drug-likeness (QED) is 0.606. The van der Waals surface area contributed by atoms with Crippen LogP contribution in [0.1, 0.15) is 29.9 Å². The van der Waals surface area contributed by atoms with Gasteiger partial charge in [-0.3, -0.25) is 4.57 Å². The van der Waals surface area contributed by atoms with E-state index in [9.17, 15) is 0 Å². The predicted molar refractivity (Wildman–Crippen MR) is 96.9 cm³/mol. The zero-order valence-electron chi connectivity index (χ0n) is 14.4. The fourth-order valence-corrected chi connectivity index (χ4v) is 3.19. The highest BCUT2D eigenvalue weighted by Gasteiger charge is 2.16. The third-order valence-corrected chi connectivity index (χ3v) is 4.34. The molecule has 1 aromatic carbocycles. The molecule has 0 aliphatic heterocycles. The van der Waals surface area contributed by atoms with Crippen LogP contribution < -0.4 is 5.32 Å². The van der Waals surface area contributed by atoms with Gasteiger partial charge in [-0.05, 0) is 44.5 Å². The smallest absolute Gasteiger partial charge is 0.225 e. The lowest BCUT2D eigenvalue weighted by atomic mass is 10.1. The maximum absolute atomic E-state index is 5.49. The van der Waals surface area contributed by atoms with E-state index in [0.29, 0.717) is 5.95 Å². The van der Waals surface area contributed by atoms with Gasteiger partial charge in [0.1, 0.15) is 17.9 Å². The van der Waals surface area contributed by atoms with Gasteiger partial charge in [0, 0.05) is 11.8 Å². The zero-order valence-corrected chi connectivity index (χ0v) is 14.4. The fourth-order valence-electron chi connectivity index (χ4n) is 3.19. The fraction of sp³-hybridized carbons (Fsp3) is 0.211. The standard InChI is InChI=1S/C19H19N5O/c1-12-10-25-14(3)18(12)13(2)22-19-20-9-8-17(23-19)24-11-21-15-6-4-5-7-16(15)24/h4-11,13H,1-3H3,(H,20,22,23). The Kier molecular flexibility index (Phi) is 3.72. The Morgan fingerprint density at radius 1 is 1.12 bits per heavy atom. The Morgan fingerprint density at radius 3 is 2.76 bits per heavy atom. The summed E-state index contributed by atoms with van der Waals surface area (Å²) in [6.45, 7) is 6.09. The molecule has 0 aliphatic rings. The highest BCUT2D eigenvalue weighted by Crippen LogP contribution is 2.26. The maximum Gasteiger partial charge on any atom is 0.225 e. The Hall–Kier alpha value is -3.15. The van der Waals surface area contributed by atoms with Crippen molar-refractivity contribution in [3.8, 4) is 5.82 Å². The second-order valence-corrected chi connectivity index (χ2v) is 6.10. The van der Waals surface area contributed by atoms with Crippen molar-refractivity contribution in [3.63, 3.8) is 0 Å². The molecule has 1 N–H and O–H groups in total. The first kappa shape index (κ1) is 15.4. The summed E-state index contributed by atoms with van der Waals surface area (Å²) in [6.07, 6.45) is 5.31. The highest BCUT2D eigenvalue weighted by atomic mass is 16.3. The molecule has 25 heavy (non-hydrogen) atoms. The van der Waals surface area contributed by atoms with E-state index in [1.54, 1.807) is 18.8 Å². The molecular formula is C19H19N5O. The van der Waals surface area contributed by atoms with Crippen molar-refractivity contribution >= 4 is 17.0 Å². The second-order valence-electron chi connectivity index (χ2n) is 6.10. The molecule has 3 aromatic heterocycles. The lowest BCUT2D eigenvalue weighted by molar-refractivity contribution is 0.527. The van der Waals surface area contributed by atoms with E-state index in [1.165, 1.54) is 0 Å². The summed E-state index contributed by atoms with van der Waals surface area (Å²) in [5, 5.41) is 3.36. The third-order valence-electron chi connectivity index (χ3n) is 4.34. The summed E-state index contributed by atoms with van der Waals surface area (Å²) in [5.74, 6) is 2.26. The molecule has 0 amide bonds. The molecule has 0 aliphatic carbocycles. The van der Waals surface area contributed by atoms with Gasteiger partial charge >= 0.3 is 0 Å². The number of hydrogen-bond acceptors (Lipinski definition) is 5. The van der Waals surface area contributed by atoms with E-state index in [0.717, 1.165) is 33.7 Å². The van der Waals surface area contributed by atoms with Crippen LogP contribution in [-0.4, -0.2) is 19.5 Å². The van der Waals surface area contributed by atoms with Crippen molar-refractivity contribution in [2.24, 2.45) is 0 Å². The van der Waals surface area contributed by atoms with Crippen molar-refractivity contribution in [2.45, 2.75) is 26.8 Å². The molecule has 3 heterocycles. The minimum Gasteiger partial charge on any atom is -0.469 e. The zero-order chi connectivity index (χ0) is 17.4. The van der Waals surface area contributed by atoms with Gasteiger partial charge in [-0.25, -0.2) is 9.97 Å². The van der Waals surface area contributed by atoms with Crippen molar-refractivity contribution in [1.29, 1.82) is 0 Å². The molecular weight excluding hydrogens is 314 g/mol. The number of hydrogen-bond donors (Lipinski definition) is 1. The normalized spacial score (nSPS) is 12.4. The van der Waals surface area contributed by atoms with Crippen LogP contribution in [0.4, 0.5) is 5.95 Å². The molecule has 0 saturated heterocycles. The predicted octanol–water partition coefficient (Wildman–Crippen LogP) is 4.20. The number of furan rings is 1. The number of aryl methyl sites for hydroxylation is 2. The molecule has 6 heteroatoms. The van der Waals surface area contributed by atoms with E-state index in [2.05, 4.69) is 27.2 Å². The Bertz CT molecular complexity index is 1010. The van der Waals surface area contributed by atoms with Crippen molar-refractivity contribution in [2.75, 3.05) is 5.32 Å². The van der Waals surface area contributed by atoms with Gasteiger partial charge in [-0.15, -0.1) is 0 Å². The lowest BCUT2D eigenvalue weighted by Gasteiger charge is -2.15.